The van der Waals surface area contributed by atoms with Gasteiger partial charge in [0.05, 0.1) is 0 Å². The summed E-state index contributed by atoms with van der Waals surface area (Å²) >= 11 is 0. The summed E-state index contributed by atoms with van der Waals surface area (Å²) in [4.78, 5) is 0. The molecule has 100 valence electrons. The van der Waals surface area contributed by atoms with Crippen molar-refractivity contribution in [2.75, 3.05) is 0 Å². The van der Waals surface area contributed by atoms with Crippen molar-refractivity contribution in [2.45, 2.75) is 19.8 Å². The molecule has 1 aromatic carbocycles. The summed E-state index contributed by atoms with van der Waals surface area (Å²) in [5.74, 6) is 0.0599. The Morgan fingerprint density at radius 3 is 2.37 bits per heavy atom. The third-order valence-corrected chi connectivity index (χ3v) is 4.09. The van der Waals surface area contributed by atoms with Gasteiger partial charge >= 0.3 is 0 Å². The fraction of sp³-hybridized carbons (Fsp3) is 0.214. The van der Waals surface area contributed by atoms with Crippen LogP contribution in [-0.2, 0) is 10.3 Å². The first kappa shape index (κ1) is 13.4. The first-order chi connectivity index (χ1) is 9.02. The number of hydrogen-bond acceptors (Lipinski definition) is 3. The van der Waals surface area contributed by atoms with Gasteiger partial charge in [0.1, 0.15) is 0 Å². The van der Waals surface area contributed by atoms with Crippen molar-refractivity contribution < 1.29 is 13.6 Å². The monoisotopic (exact) mass is 277 g/mol. The van der Waals surface area contributed by atoms with Gasteiger partial charge in [0, 0.05) is 12.1 Å². The van der Waals surface area contributed by atoms with Crippen LogP contribution in [-0.4, -0.2) is 18.4 Å². The minimum atomic E-state index is -2.47. The quantitative estimate of drug-likeness (QED) is 0.678. The Labute approximate surface area is 113 Å². The van der Waals surface area contributed by atoms with Crippen LogP contribution in [0, 0.1) is 11.6 Å². The largest absolute Gasteiger partial charge is 0.427 e. The van der Waals surface area contributed by atoms with Crippen molar-refractivity contribution in [2.24, 2.45) is 0 Å². The predicted molar refractivity (Wildman–Crippen MR) is 72.5 cm³/mol. The van der Waals surface area contributed by atoms with Gasteiger partial charge in [0.2, 0.25) is 14.9 Å². The van der Waals surface area contributed by atoms with Crippen LogP contribution >= 0.6 is 0 Å². The second-order valence-electron chi connectivity index (χ2n) is 4.41. The second-order valence-corrected chi connectivity index (χ2v) is 5.27. The highest BCUT2D eigenvalue weighted by atomic mass is 32.2. The van der Waals surface area contributed by atoms with Gasteiger partial charge in [0.15, 0.2) is 0 Å². The first-order valence-electron chi connectivity index (χ1n) is 5.91. The van der Waals surface area contributed by atoms with Crippen molar-refractivity contribution in [3.05, 3.63) is 63.9 Å². The molecule has 0 saturated carbocycles. The molecule has 1 atom stereocenters. The average Bonchev–Trinajstić information content (AvgIpc) is 2.39. The Hall–Kier alpha value is -2.01. The van der Waals surface area contributed by atoms with Crippen LogP contribution in [0.25, 0.3) is 0 Å². The van der Waals surface area contributed by atoms with E-state index in [2.05, 4.69) is 0 Å². The number of benzene rings is 1. The van der Waals surface area contributed by atoms with E-state index in [1.54, 1.807) is 13.0 Å². The highest BCUT2D eigenvalue weighted by Crippen LogP contribution is 2.26. The lowest BCUT2D eigenvalue weighted by Crippen LogP contribution is -2.05. The fourth-order valence-electron chi connectivity index (χ4n) is 2.23. The third-order valence-electron chi connectivity index (χ3n) is 3.28. The molecular weight excluding hydrogens is 262 g/mol. The van der Waals surface area contributed by atoms with Gasteiger partial charge in [-0.05, 0) is 29.7 Å². The van der Waals surface area contributed by atoms with E-state index < -0.39 is 10.3 Å². The molecule has 2 aromatic rings. The summed E-state index contributed by atoms with van der Waals surface area (Å²) in [5, 5.41) is 9.56. The molecule has 19 heavy (non-hydrogen) atoms. The Bertz CT molecular complexity index is 753. The average molecular weight is 277 g/mol. The topological polar surface area (TPSA) is 59.3 Å². The van der Waals surface area contributed by atoms with Gasteiger partial charge in [-0.15, -0.1) is 0 Å². The number of rotatable bonds is 2. The van der Waals surface area contributed by atoms with Crippen molar-refractivity contribution in [3.63, 3.8) is 0 Å². The molecule has 1 heterocycles. The molecule has 0 fully saturated rings. The van der Waals surface area contributed by atoms with Crippen LogP contribution < -0.4 is 0 Å². The zero-order valence-electron chi connectivity index (χ0n) is 10.7. The molecule has 0 bridgehead atoms. The van der Waals surface area contributed by atoms with Gasteiger partial charge in [-0.2, -0.15) is 13.1 Å². The van der Waals surface area contributed by atoms with Crippen LogP contribution in [0.5, 0.6) is 0 Å². The Balaban J connectivity index is 2.67. The van der Waals surface area contributed by atoms with E-state index >= 15 is 0 Å². The molecule has 1 aromatic heterocycles. The van der Waals surface area contributed by atoms with Gasteiger partial charge < -0.3 is 5.21 Å². The van der Waals surface area contributed by atoms with Crippen molar-refractivity contribution in [1.82, 2.24) is 4.73 Å². The highest BCUT2D eigenvalue weighted by molar-refractivity contribution is 7.63. The van der Waals surface area contributed by atoms with Crippen LogP contribution in [0.15, 0.2) is 42.6 Å². The molecule has 0 radical (unpaired) electrons. The first-order valence-corrected chi connectivity index (χ1v) is 6.98. The van der Waals surface area contributed by atoms with E-state index in [4.69, 9.17) is 0 Å². The van der Waals surface area contributed by atoms with Crippen LogP contribution in [0.3, 0.4) is 0 Å². The van der Waals surface area contributed by atoms with Crippen molar-refractivity contribution >= 4 is 10.3 Å². The molecule has 0 aliphatic carbocycles. The molecule has 0 saturated heterocycles. The van der Waals surface area contributed by atoms with Crippen molar-refractivity contribution in [1.29, 1.82) is 0 Å². The molecule has 2 rings (SSSR count). The van der Waals surface area contributed by atoms with Gasteiger partial charge in [-0.3, -0.25) is 0 Å². The standard InChI is InChI=1S/C14H15NO3S/c1-10(12-6-4-3-5-7-12)13-8-9-15(16)14(11(13)2)19(17)18/h3-10,16H,1-2H3. The number of pyridine rings is 1. The van der Waals surface area contributed by atoms with Crippen LogP contribution in [0.2, 0.25) is 0 Å². The maximum absolute atomic E-state index is 11.2. The van der Waals surface area contributed by atoms with E-state index in [0.717, 1.165) is 11.1 Å². The van der Waals surface area contributed by atoms with Crippen molar-refractivity contribution in [3.8, 4) is 0 Å². The molecule has 1 N–H and O–H groups in total. The Morgan fingerprint density at radius 2 is 1.79 bits per heavy atom. The van der Waals surface area contributed by atoms with E-state index in [0.29, 0.717) is 10.3 Å². The minimum absolute atomic E-state index is 0.0599. The zero-order valence-corrected chi connectivity index (χ0v) is 11.6. The van der Waals surface area contributed by atoms with E-state index in [1.807, 2.05) is 37.3 Å². The minimum Gasteiger partial charge on any atom is -0.427 e. The van der Waals surface area contributed by atoms with E-state index in [-0.39, 0.29) is 10.6 Å². The Kier molecular flexibility index (Phi) is 3.76. The summed E-state index contributed by atoms with van der Waals surface area (Å²) in [5.41, 5.74) is 2.55. The molecule has 0 spiro atoms. The van der Waals surface area contributed by atoms with Gasteiger partial charge in [-0.25, -0.2) is 0 Å². The van der Waals surface area contributed by atoms with Gasteiger partial charge in [-0.1, -0.05) is 37.3 Å². The summed E-state index contributed by atoms with van der Waals surface area (Å²) in [7, 11) is -2.47. The molecule has 0 amide bonds. The van der Waals surface area contributed by atoms with Gasteiger partial charge in [0.25, 0.3) is 0 Å². The fourth-order valence-corrected chi connectivity index (χ4v) is 2.81. The number of aromatic nitrogens is 1. The van der Waals surface area contributed by atoms with Crippen LogP contribution in [0.1, 0.15) is 29.5 Å². The van der Waals surface area contributed by atoms with E-state index in [1.165, 1.54) is 6.20 Å². The molecule has 0 aliphatic heterocycles. The molecular formula is C14H15NO3S. The second kappa shape index (κ2) is 5.32. The summed E-state index contributed by atoms with van der Waals surface area (Å²) in [6.07, 6.45) is 1.35. The smallest absolute Gasteiger partial charge is 0.242 e. The predicted octanol–water partition coefficient (Wildman–Crippen LogP) is 2.60. The lowest BCUT2D eigenvalue weighted by molar-refractivity contribution is 0.179. The van der Waals surface area contributed by atoms with E-state index in [9.17, 15) is 13.6 Å². The lowest BCUT2D eigenvalue weighted by Gasteiger charge is -2.15. The number of nitrogens with zero attached hydrogens (tertiary/aromatic N) is 1. The summed E-state index contributed by atoms with van der Waals surface area (Å²) < 4.78 is 22.9. The lowest BCUT2D eigenvalue weighted by atomic mass is 9.91. The number of hydrogen-bond donors (Lipinski definition) is 1. The maximum atomic E-state index is 11.2. The van der Waals surface area contributed by atoms with Crippen LogP contribution in [0.4, 0.5) is 0 Å². The SMILES string of the molecule is Cc1c(C(C)c2ccccc2)ccn(O)c1=S(=O)=O. The summed E-state index contributed by atoms with van der Waals surface area (Å²) in [6, 6.07) is 11.6. The molecule has 0 aliphatic rings. The zero-order chi connectivity index (χ0) is 14.0. The maximum Gasteiger partial charge on any atom is 0.242 e. The molecule has 5 heteroatoms. The summed E-state index contributed by atoms with van der Waals surface area (Å²) in [6.45, 7) is 3.71. The molecule has 1 unspecified atom stereocenters. The molecule has 4 nitrogen and oxygen atoms in total. The highest BCUT2D eigenvalue weighted by Gasteiger charge is 2.13. The Morgan fingerprint density at radius 1 is 1.16 bits per heavy atom. The normalized spacial score (nSPS) is 12.1. The third kappa shape index (κ3) is 2.56.